The van der Waals surface area contributed by atoms with Crippen LogP contribution in [0.3, 0.4) is 0 Å². The number of rotatable bonds is 3. The predicted octanol–water partition coefficient (Wildman–Crippen LogP) is 3.19. The maximum atomic E-state index is 12.5. The van der Waals surface area contributed by atoms with Gasteiger partial charge in [-0.1, -0.05) is 48.5 Å². The summed E-state index contributed by atoms with van der Waals surface area (Å²) in [5.41, 5.74) is 1.25. The van der Waals surface area contributed by atoms with E-state index in [1.54, 1.807) is 18.2 Å². The lowest BCUT2D eigenvalue weighted by Gasteiger charge is -2.11. The molecule has 3 aromatic carbocycles. The molecule has 1 N–H and O–H groups in total. The second-order valence-corrected chi connectivity index (χ2v) is 5.76. The predicted molar refractivity (Wildman–Crippen MR) is 98.6 cm³/mol. The van der Waals surface area contributed by atoms with Gasteiger partial charge in [0.05, 0.1) is 11.7 Å². The van der Waals surface area contributed by atoms with Crippen LogP contribution in [0.5, 0.6) is 0 Å². The van der Waals surface area contributed by atoms with Gasteiger partial charge in [-0.2, -0.15) is 5.10 Å². The highest BCUT2D eigenvalue weighted by Gasteiger charge is 2.09. The third-order valence-corrected chi connectivity index (χ3v) is 4.12. The van der Waals surface area contributed by atoms with E-state index in [1.807, 2.05) is 48.5 Å². The normalized spacial score (nSPS) is 10.9. The molecular weight excluding hydrogens is 314 g/mol. The second kappa shape index (κ2) is 6.20. The lowest BCUT2D eigenvalue weighted by Crippen LogP contribution is -2.22. The Morgan fingerprint density at radius 2 is 1.64 bits per heavy atom. The minimum absolute atomic E-state index is 0.0318. The highest BCUT2D eigenvalue weighted by Crippen LogP contribution is 2.23. The first-order chi connectivity index (χ1) is 12.2. The van der Waals surface area contributed by atoms with Crippen LogP contribution in [0.25, 0.3) is 21.7 Å². The smallest absolute Gasteiger partial charge is 0.246 e. The van der Waals surface area contributed by atoms with Crippen molar-refractivity contribution in [2.75, 3.05) is 5.32 Å². The third kappa shape index (κ3) is 2.87. The van der Waals surface area contributed by atoms with Gasteiger partial charge in [0.1, 0.15) is 6.54 Å². The fraction of sp³-hybridized carbons (Fsp3) is 0.0500. The average Bonchev–Trinajstić information content (AvgIpc) is 2.65. The van der Waals surface area contributed by atoms with Crippen LogP contribution in [0.4, 0.5) is 5.69 Å². The topological polar surface area (TPSA) is 64.0 Å². The van der Waals surface area contributed by atoms with E-state index in [-0.39, 0.29) is 17.9 Å². The first-order valence-corrected chi connectivity index (χ1v) is 7.95. The molecule has 0 radical (unpaired) electrons. The van der Waals surface area contributed by atoms with E-state index in [1.165, 1.54) is 10.9 Å². The molecule has 5 heteroatoms. The number of para-hydroxylation sites is 1. The Hall–Kier alpha value is -3.47. The summed E-state index contributed by atoms with van der Waals surface area (Å²) in [6.45, 7) is 0.0318. The Morgan fingerprint density at radius 1 is 0.920 bits per heavy atom. The summed E-state index contributed by atoms with van der Waals surface area (Å²) in [7, 11) is 0. The van der Waals surface area contributed by atoms with Crippen LogP contribution in [0.1, 0.15) is 0 Å². The molecule has 0 atom stereocenters. The largest absolute Gasteiger partial charge is 0.324 e. The van der Waals surface area contributed by atoms with E-state index in [2.05, 4.69) is 10.4 Å². The molecule has 0 aliphatic rings. The number of fused-ring (bicyclic) bond motifs is 2. The van der Waals surface area contributed by atoms with Crippen molar-refractivity contribution in [2.24, 2.45) is 0 Å². The van der Waals surface area contributed by atoms with Crippen LogP contribution in [-0.2, 0) is 11.3 Å². The molecule has 1 heterocycles. The summed E-state index contributed by atoms with van der Waals surface area (Å²) in [6, 6.07) is 20.8. The quantitative estimate of drug-likeness (QED) is 0.628. The number of carbonyl (C=O) groups excluding carboxylic acids is 1. The number of hydrogen-bond donors (Lipinski definition) is 1. The molecule has 0 unspecified atom stereocenters. The summed E-state index contributed by atoms with van der Waals surface area (Å²) in [5, 5.41) is 9.62. The summed E-state index contributed by atoms with van der Waals surface area (Å²) < 4.78 is 1.54. The molecule has 0 saturated heterocycles. The van der Waals surface area contributed by atoms with Crippen LogP contribution >= 0.6 is 0 Å². The minimum Gasteiger partial charge on any atom is -0.324 e. The van der Waals surface area contributed by atoms with E-state index in [0.717, 1.165) is 16.5 Å². The molecule has 0 aliphatic heterocycles. The fourth-order valence-electron chi connectivity index (χ4n) is 2.95. The number of aromatic nitrogens is 2. The van der Waals surface area contributed by atoms with Crippen molar-refractivity contribution in [1.82, 2.24) is 9.78 Å². The van der Waals surface area contributed by atoms with Crippen molar-refractivity contribution < 1.29 is 4.79 Å². The minimum atomic E-state index is -0.197. The summed E-state index contributed by atoms with van der Waals surface area (Å²) in [4.78, 5) is 24.4. The van der Waals surface area contributed by atoms with Gasteiger partial charge in [0.2, 0.25) is 11.3 Å². The molecule has 4 rings (SSSR count). The van der Waals surface area contributed by atoms with Crippen molar-refractivity contribution >= 4 is 33.3 Å². The molecule has 0 aliphatic carbocycles. The van der Waals surface area contributed by atoms with Crippen LogP contribution in [0, 0.1) is 0 Å². The molecule has 0 bridgehead atoms. The van der Waals surface area contributed by atoms with Gasteiger partial charge >= 0.3 is 0 Å². The maximum Gasteiger partial charge on any atom is 0.246 e. The first kappa shape index (κ1) is 15.1. The Morgan fingerprint density at radius 3 is 2.52 bits per heavy atom. The highest BCUT2D eigenvalue weighted by molar-refractivity contribution is 6.02. The zero-order valence-electron chi connectivity index (χ0n) is 13.3. The lowest BCUT2D eigenvalue weighted by molar-refractivity contribution is -0.116. The van der Waals surface area contributed by atoms with Crippen molar-refractivity contribution in [3.8, 4) is 0 Å². The number of benzene rings is 3. The molecule has 0 spiro atoms. The zero-order chi connectivity index (χ0) is 17.2. The molecule has 25 heavy (non-hydrogen) atoms. The van der Waals surface area contributed by atoms with Gasteiger partial charge in [-0.25, -0.2) is 0 Å². The standard InChI is InChI=1S/C20H15N3O2/c24-19-12-21-23(18-11-4-3-9-16(18)19)13-20(25)22-17-10-5-7-14-6-1-2-8-15(14)17/h1-12H,13H2,(H,22,25). The number of carbonyl (C=O) groups is 1. The van der Waals surface area contributed by atoms with E-state index < -0.39 is 0 Å². The van der Waals surface area contributed by atoms with Crippen molar-refractivity contribution in [3.63, 3.8) is 0 Å². The van der Waals surface area contributed by atoms with E-state index in [4.69, 9.17) is 0 Å². The average molecular weight is 329 g/mol. The van der Waals surface area contributed by atoms with Gasteiger partial charge in [0.25, 0.3) is 0 Å². The number of hydrogen-bond acceptors (Lipinski definition) is 3. The molecule has 4 aromatic rings. The lowest BCUT2D eigenvalue weighted by atomic mass is 10.1. The van der Waals surface area contributed by atoms with Crippen LogP contribution in [0.2, 0.25) is 0 Å². The Kier molecular flexibility index (Phi) is 3.74. The van der Waals surface area contributed by atoms with Gasteiger partial charge in [-0.3, -0.25) is 14.3 Å². The SMILES string of the molecule is O=C(Cn1ncc(=O)c2ccccc21)Nc1cccc2ccccc12. The fourth-order valence-corrected chi connectivity index (χ4v) is 2.95. The van der Waals surface area contributed by atoms with Gasteiger partial charge in [-0.15, -0.1) is 0 Å². The summed E-state index contributed by atoms with van der Waals surface area (Å²) >= 11 is 0. The van der Waals surface area contributed by atoms with Crippen molar-refractivity contribution in [3.05, 3.63) is 83.2 Å². The van der Waals surface area contributed by atoms with Gasteiger partial charge < -0.3 is 5.32 Å². The highest BCUT2D eigenvalue weighted by atomic mass is 16.2. The molecule has 0 fully saturated rings. The van der Waals surface area contributed by atoms with Crippen LogP contribution in [0.15, 0.2) is 77.7 Å². The van der Waals surface area contributed by atoms with E-state index in [0.29, 0.717) is 10.9 Å². The van der Waals surface area contributed by atoms with Gasteiger partial charge in [0, 0.05) is 16.5 Å². The number of nitrogens with one attached hydrogen (secondary N) is 1. The second-order valence-electron chi connectivity index (χ2n) is 5.76. The summed E-state index contributed by atoms with van der Waals surface area (Å²) in [5.74, 6) is -0.197. The van der Waals surface area contributed by atoms with Crippen molar-refractivity contribution in [2.45, 2.75) is 6.54 Å². The molecular formula is C20H15N3O2. The van der Waals surface area contributed by atoms with Crippen molar-refractivity contribution in [1.29, 1.82) is 0 Å². The third-order valence-electron chi connectivity index (χ3n) is 4.12. The number of nitrogens with zero attached hydrogens (tertiary/aromatic N) is 2. The first-order valence-electron chi connectivity index (χ1n) is 7.95. The molecule has 5 nitrogen and oxygen atoms in total. The monoisotopic (exact) mass is 329 g/mol. The molecule has 1 aromatic heterocycles. The maximum absolute atomic E-state index is 12.5. The molecule has 1 amide bonds. The molecule has 122 valence electrons. The zero-order valence-corrected chi connectivity index (χ0v) is 13.3. The molecule has 0 saturated carbocycles. The van der Waals surface area contributed by atoms with E-state index in [9.17, 15) is 9.59 Å². The number of amides is 1. The summed E-state index contributed by atoms with van der Waals surface area (Å²) in [6.07, 6.45) is 1.24. The Bertz CT molecular complexity index is 1140. The Balaban J connectivity index is 1.65. The van der Waals surface area contributed by atoms with Gasteiger partial charge in [0.15, 0.2) is 0 Å². The number of anilines is 1. The van der Waals surface area contributed by atoms with Crippen LogP contribution in [-0.4, -0.2) is 15.7 Å². The van der Waals surface area contributed by atoms with Gasteiger partial charge in [-0.05, 0) is 23.6 Å². The Labute approximate surface area is 143 Å². The van der Waals surface area contributed by atoms with E-state index >= 15 is 0 Å². The van der Waals surface area contributed by atoms with Crippen LogP contribution < -0.4 is 10.7 Å².